The number of thioether (sulfide) groups is 1. The molecule has 0 saturated carbocycles. The molecule has 9 heteroatoms. The highest BCUT2D eigenvalue weighted by Crippen LogP contribution is 2.29. The zero-order valence-corrected chi connectivity index (χ0v) is 15.1. The van der Waals surface area contributed by atoms with Crippen LogP contribution in [0.2, 0.25) is 0 Å². The highest BCUT2D eigenvalue weighted by atomic mass is 32.2. The third-order valence-electron chi connectivity index (χ3n) is 3.65. The quantitative estimate of drug-likeness (QED) is 0.762. The van der Waals surface area contributed by atoms with Gasteiger partial charge in [0.2, 0.25) is 15.9 Å². The number of thiazole rings is 1. The Labute approximate surface area is 143 Å². The number of benzene rings is 1. The summed E-state index contributed by atoms with van der Waals surface area (Å²) in [6.07, 6.45) is 1.20. The van der Waals surface area contributed by atoms with Gasteiger partial charge in [0.15, 0.2) is 4.34 Å². The van der Waals surface area contributed by atoms with Crippen LogP contribution in [0, 0.1) is 0 Å². The molecule has 1 aliphatic rings. The maximum absolute atomic E-state index is 12.3. The number of aromatic nitrogens is 1. The molecule has 0 radical (unpaired) electrons. The second-order valence-electron chi connectivity index (χ2n) is 5.28. The maximum Gasteiger partial charge on any atom is 0.233 e. The third-order valence-corrected chi connectivity index (χ3v) is 7.12. The average Bonchev–Trinajstić information content (AvgIpc) is 2.95. The second-order valence-corrected chi connectivity index (χ2v) is 9.51. The van der Waals surface area contributed by atoms with Crippen molar-refractivity contribution in [1.82, 2.24) is 14.2 Å². The number of carbonyl (C=O) groups is 1. The van der Waals surface area contributed by atoms with Crippen molar-refractivity contribution >= 4 is 49.2 Å². The smallest absolute Gasteiger partial charge is 0.233 e. The number of para-hydroxylation sites is 1. The fraction of sp³-hybridized carbons (Fsp3) is 0.429. The number of hydrogen-bond acceptors (Lipinski definition) is 6. The minimum Gasteiger partial charge on any atom is -0.339 e. The predicted molar refractivity (Wildman–Crippen MR) is 93.3 cm³/mol. The zero-order valence-electron chi connectivity index (χ0n) is 12.6. The SMILES string of the molecule is CS(=O)(=O)N1CCN(C(=O)CSc2nc3ccccc3s2)CC1. The van der Waals surface area contributed by atoms with E-state index in [-0.39, 0.29) is 5.91 Å². The van der Waals surface area contributed by atoms with E-state index in [0.29, 0.717) is 31.9 Å². The third kappa shape index (κ3) is 4.03. The minimum absolute atomic E-state index is 0.0300. The van der Waals surface area contributed by atoms with Gasteiger partial charge in [-0.25, -0.2) is 13.4 Å². The van der Waals surface area contributed by atoms with Crippen molar-refractivity contribution in [2.45, 2.75) is 4.34 Å². The van der Waals surface area contributed by atoms with E-state index in [9.17, 15) is 13.2 Å². The Bertz CT molecular complexity index is 778. The van der Waals surface area contributed by atoms with Crippen molar-refractivity contribution in [3.63, 3.8) is 0 Å². The molecule has 1 aliphatic heterocycles. The van der Waals surface area contributed by atoms with E-state index in [1.165, 1.54) is 22.3 Å². The molecule has 1 amide bonds. The zero-order chi connectivity index (χ0) is 16.4. The fourth-order valence-electron chi connectivity index (χ4n) is 2.40. The van der Waals surface area contributed by atoms with Gasteiger partial charge in [0.05, 0.1) is 22.2 Å². The molecule has 1 aromatic heterocycles. The summed E-state index contributed by atoms with van der Waals surface area (Å²) in [5, 5.41) is 0. The maximum atomic E-state index is 12.3. The number of sulfonamides is 1. The van der Waals surface area contributed by atoms with Gasteiger partial charge in [-0.15, -0.1) is 11.3 Å². The molecule has 1 saturated heterocycles. The van der Waals surface area contributed by atoms with Gasteiger partial charge in [0.25, 0.3) is 0 Å². The first kappa shape index (κ1) is 16.7. The van der Waals surface area contributed by atoms with Crippen molar-refractivity contribution in [1.29, 1.82) is 0 Å². The molecule has 0 atom stereocenters. The molecule has 0 bridgehead atoms. The van der Waals surface area contributed by atoms with Gasteiger partial charge < -0.3 is 4.90 Å². The van der Waals surface area contributed by atoms with Gasteiger partial charge in [-0.2, -0.15) is 4.31 Å². The summed E-state index contributed by atoms with van der Waals surface area (Å²) < 4.78 is 26.4. The molecule has 0 aliphatic carbocycles. The number of carbonyl (C=O) groups excluding carboxylic acids is 1. The number of hydrogen-bond donors (Lipinski definition) is 0. The van der Waals surface area contributed by atoms with Crippen LogP contribution in [0.4, 0.5) is 0 Å². The van der Waals surface area contributed by atoms with Gasteiger partial charge in [-0.3, -0.25) is 4.79 Å². The molecule has 1 aromatic carbocycles. The van der Waals surface area contributed by atoms with Gasteiger partial charge in [0, 0.05) is 26.2 Å². The summed E-state index contributed by atoms with van der Waals surface area (Å²) in [7, 11) is -3.16. The largest absolute Gasteiger partial charge is 0.339 e. The molecular weight excluding hydrogens is 354 g/mol. The lowest BCUT2D eigenvalue weighted by molar-refractivity contribution is -0.129. The van der Waals surface area contributed by atoms with Crippen molar-refractivity contribution in [3.05, 3.63) is 24.3 Å². The Kier molecular flexibility index (Phi) is 4.90. The molecule has 3 rings (SSSR count). The van der Waals surface area contributed by atoms with E-state index in [4.69, 9.17) is 0 Å². The normalized spacial score (nSPS) is 16.8. The average molecular weight is 372 g/mol. The topological polar surface area (TPSA) is 70.6 Å². The number of fused-ring (bicyclic) bond motifs is 1. The van der Waals surface area contributed by atoms with Crippen molar-refractivity contribution in [3.8, 4) is 0 Å². The van der Waals surface area contributed by atoms with E-state index >= 15 is 0 Å². The molecule has 6 nitrogen and oxygen atoms in total. The Morgan fingerprint density at radius 1 is 1.26 bits per heavy atom. The van der Waals surface area contributed by atoms with Crippen molar-refractivity contribution in [2.75, 3.05) is 38.2 Å². The number of rotatable bonds is 4. The second kappa shape index (κ2) is 6.76. The van der Waals surface area contributed by atoms with Crippen LogP contribution in [0.15, 0.2) is 28.6 Å². The number of piperazine rings is 1. The highest BCUT2D eigenvalue weighted by Gasteiger charge is 2.26. The molecule has 2 heterocycles. The first-order chi connectivity index (χ1) is 10.9. The van der Waals surface area contributed by atoms with E-state index in [1.807, 2.05) is 24.3 Å². The molecule has 0 N–H and O–H groups in total. The molecule has 124 valence electrons. The first-order valence-electron chi connectivity index (χ1n) is 7.15. The minimum atomic E-state index is -3.16. The van der Waals surface area contributed by atoms with Crippen LogP contribution in [0.25, 0.3) is 10.2 Å². The highest BCUT2D eigenvalue weighted by molar-refractivity contribution is 8.01. The molecule has 1 fully saturated rings. The molecule has 0 spiro atoms. The summed E-state index contributed by atoms with van der Waals surface area (Å²) in [5.74, 6) is 0.362. The molecular formula is C14H17N3O3S3. The number of amides is 1. The van der Waals surface area contributed by atoms with E-state index < -0.39 is 10.0 Å². The van der Waals surface area contributed by atoms with Crippen molar-refractivity contribution in [2.24, 2.45) is 0 Å². The summed E-state index contributed by atoms with van der Waals surface area (Å²) in [5.41, 5.74) is 0.953. The van der Waals surface area contributed by atoms with Crippen LogP contribution < -0.4 is 0 Å². The van der Waals surface area contributed by atoms with Crippen molar-refractivity contribution < 1.29 is 13.2 Å². The molecule has 0 unspecified atom stereocenters. The molecule has 2 aromatic rings. The Hall–Kier alpha value is -1.16. The van der Waals surface area contributed by atoms with Gasteiger partial charge >= 0.3 is 0 Å². The van der Waals surface area contributed by atoms with E-state index in [1.54, 1.807) is 16.2 Å². The summed E-state index contributed by atoms with van der Waals surface area (Å²) in [6, 6.07) is 7.90. The van der Waals surface area contributed by atoms with Crippen LogP contribution >= 0.6 is 23.1 Å². The van der Waals surface area contributed by atoms with Gasteiger partial charge in [-0.05, 0) is 12.1 Å². The lowest BCUT2D eigenvalue weighted by atomic mass is 10.3. The standard InChI is InChI=1S/C14H17N3O3S3/c1-23(19,20)17-8-6-16(7-9-17)13(18)10-21-14-15-11-4-2-3-5-12(11)22-14/h2-5H,6-10H2,1H3. The van der Waals surface area contributed by atoms with Crippen LogP contribution in [-0.4, -0.2) is 66.7 Å². The van der Waals surface area contributed by atoms with E-state index in [2.05, 4.69) is 4.98 Å². The summed E-state index contributed by atoms with van der Waals surface area (Å²) in [6.45, 7) is 1.64. The van der Waals surface area contributed by atoms with Gasteiger partial charge in [-0.1, -0.05) is 23.9 Å². The Morgan fingerprint density at radius 3 is 2.61 bits per heavy atom. The predicted octanol–water partition coefficient (Wildman–Crippen LogP) is 1.49. The van der Waals surface area contributed by atoms with Crippen LogP contribution in [0.5, 0.6) is 0 Å². The molecule has 23 heavy (non-hydrogen) atoms. The first-order valence-corrected chi connectivity index (χ1v) is 10.8. The number of nitrogens with zero attached hydrogens (tertiary/aromatic N) is 3. The van der Waals surface area contributed by atoms with Crippen LogP contribution in [0.1, 0.15) is 0 Å². The van der Waals surface area contributed by atoms with Crippen LogP contribution in [0.3, 0.4) is 0 Å². The fourth-order valence-corrected chi connectivity index (χ4v) is 5.19. The lowest BCUT2D eigenvalue weighted by Crippen LogP contribution is -2.50. The van der Waals surface area contributed by atoms with E-state index in [0.717, 1.165) is 14.6 Å². The van der Waals surface area contributed by atoms with Gasteiger partial charge in [0.1, 0.15) is 0 Å². The Morgan fingerprint density at radius 2 is 1.96 bits per heavy atom. The van der Waals surface area contributed by atoms with Crippen LogP contribution in [-0.2, 0) is 14.8 Å². The Balaban J connectivity index is 1.54. The monoisotopic (exact) mass is 371 g/mol. The summed E-state index contributed by atoms with van der Waals surface area (Å²) in [4.78, 5) is 18.5. The lowest BCUT2D eigenvalue weighted by Gasteiger charge is -2.33. The summed E-state index contributed by atoms with van der Waals surface area (Å²) >= 11 is 3.02.